The van der Waals surface area contributed by atoms with Crippen molar-refractivity contribution in [2.45, 2.75) is 0 Å². The van der Waals surface area contributed by atoms with E-state index in [1.165, 1.54) is 0 Å². The molecule has 0 aliphatic rings. The van der Waals surface area contributed by atoms with Gasteiger partial charge in [-0.15, -0.1) is 0 Å². The van der Waals surface area contributed by atoms with Gasteiger partial charge in [-0.1, -0.05) is 18.2 Å². The van der Waals surface area contributed by atoms with E-state index < -0.39 is 0 Å². The van der Waals surface area contributed by atoms with Crippen molar-refractivity contribution in [1.82, 2.24) is 19.9 Å². The van der Waals surface area contributed by atoms with Crippen LogP contribution >= 0.6 is 0 Å². The van der Waals surface area contributed by atoms with E-state index in [9.17, 15) is 0 Å². The van der Waals surface area contributed by atoms with Crippen molar-refractivity contribution in [3.63, 3.8) is 0 Å². The Labute approximate surface area is 137 Å². The van der Waals surface area contributed by atoms with Gasteiger partial charge in [0.25, 0.3) is 0 Å². The van der Waals surface area contributed by atoms with E-state index in [0.717, 1.165) is 50.0 Å². The molecule has 5 aromatic rings. The van der Waals surface area contributed by atoms with Crippen LogP contribution in [0.2, 0.25) is 0 Å². The van der Waals surface area contributed by atoms with Gasteiger partial charge in [-0.2, -0.15) is 0 Å². The standard InChI is InChI=1S/C19H14N4O/c1-24-12-8-6-11(7-9-12)16-18-17(20-10-21-18)15-13-4-2-3-5-14(13)22-19(15)23-16/h2-10H,1H3,(H,20,21)(H,22,23). The number of hydrogen-bond acceptors (Lipinski definition) is 3. The second kappa shape index (κ2) is 4.83. The molecule has 0 fully saturated rings. The molecular formula is C19H14N4O. The number of para-hydroxylation sites is 1. The number of ether oxygens (including phenoxy) is 1. The largest absolute Gasteiger partial charge is 0.497 e. The Kier molecular flexibility index (Phi) is 2.64. The summed E-state index contributed by atoms with van der Waals surface area (Å²) < 4.78 is 5.24. The third-order valence-electron chi connectivity index (χ3n) is 4.39. The average molecular weight is 314 g/mol. The van der Waals surface area contributed by atoms with Gasteiger partial charge in [0.2, 0.25) is 0 Å². The summed E-state index contributed by atoms with van der Waals surface area (Å²) in [6.07, 6.45) is 1.72. The Morgan fingerprint density at radius 2 is 1.83 bits per heavy atom. The zero-order valence-corrected chi connectivity index (χ0v) is 13.0. The SMILES string of the molecule is COc1ccc(-c2nc3[nH]c4ccccc4c3c3nc[nH]c23)cc1. The van der Waals surface area contributed by atoms with Crippen molar-refractivity contribution in [3.05, 3.63) is 54.9 Å². The van der Waals surface area contributed by atoms with Crippen molar-refractivity contribution in [3.8, 4) is 17.0 Å². The van der Waals surface area contributed by atoms with Gasteiger partial charge >= 0.3 is 0 Å². The molecule has 0 atom stereocenters. The summed E-state index contributed by atoms with van der Waals surface area (Å²) in [6, 6.07) is 16.1. The number of hydrogen-bond donors (Lipinski definition) is 2. The van der Waals surface area contributed by atoms with Crippen LogP contribution in [-0.2, 0) is 0 Å². The predicted molar refractivity (Wildman–Crippen MR) is 95.2 cm³/mol. The summed E-state index contributed by atoms with van der Waals surface area (Å²) in [4.78, 5) is 16.1. The van der Waals surface area contributed by atoms with Gasteiger partial charge in [-0.05, 0) is 30.3 Å². The summed E-state index contributed by atoms with van der Waals surface area (Å²) in [5.74, 6) is 0.825. The van der Waals surface area contributed by atoms with Crippen LogP contribution in [0.15, 0.2) is 54.9 Å². The van der Waals surface area contributed by atoms with Gasteiger partial charge in [-0.25, -0.2) is 9.97 Å². The van der Waals surface area contributed by atoms with Crippen LogP contribution in [0.3, 0.4) is 0 Å². The zero-order valence-electron chi connectivity index (χ0n) is 13.0. The number of nitrogens with one attached hydrogen (secondary N) is 2. The van der Waals surface area contributed by atoms with Crippen molar-refractivity contribution >= 4 is 33.0 Å². The minimum atomic E-state index is 0.825. The normalized spacial score (nSPS) is 11.5. The fraction of sp³-hybridized carbons (Fsp3) is 0.0526. The molecule has 0 saturated heterocycles. The van der Waals surface area contributed by atoms with Crippen molar-refractivity contribution in [2.24, 2.45) is 0 Å². The quantitative estimate of drug-likeness (QED) is 0.511. The van der Waals surface area contributed by atoms with Crippen molar-refractivity contribution in [1.29, 1.82) is 0 Å². The molecule has 24 heavy (non-hydrogen) atoms. The first-order valence-electron chi connectivity index (χ1n) is 7.73. The van der Waals surface area contributed by atoms with Crippen LogP contribution in [0, 0.1) is 0 Å². The highest BCUT2D eigenvalue weighted by Crippen LogP contribution is 2.34. The summed E-state index contributed by atoms with van der Waals surface area (Å²) in [5, 5.41) is 2.19. The highest BCUT2D eigenvalue weighted by atomic mass is 16.5. The number of nitrogens with zero attached hydrogens (tertiary/aromatic N) is 2. The Balaban J connectivity index is 1.88. The van der Waals surface area contributed by atoms with E-state index >= 15 is 0 Å². The number of pyridine rings is 1. The first-order valence-corrected chi connectivity index (χ1v) is 7.73. The summed E-state index contributed by atoms with van der Waals surface area (Å²) in [5.41, 5.74) is 5.69. The lowest BCUT2D eigenvalue weighted by atomic mass is 10.1. The summed E-state index contributed by atoms with van der Waals surface area (Å²) in [7, 11) is 1.66. The number of fused-ring (bicyclic) bond motifs is 5. The number of H-pyrrole nitrogens is 2. The molecule has 116 valence electrons. The second-order valence-electron chi connectivity index (χ2n) is 5.71. The molecule has 0 aliphatic heterocycles. The number of benzene rings is 2. The van der Waals surface area contributed by atoms with E-state index in [1.54, 1.807) is 13.4 Å². The molecular weight excluding hydrogens is 300 g/mol. The van der Waals surface area contributed by atoms with E-state index in [2.05, 4.69) is 27.1 Å². The molecule has 0 spiro atoms. The molecule has 0 radical (unpaired) electrons. The van der Waals surface area contributed by atoms with Gasteiger partial charge in [-0.3, -0.25) is 0 Å². The molecule has 3 heterocycles. The molecule has 0 unspecified atom stereocenters. The smallest absolute Gasteiger partial charge is 0.141 e. The number of aromatic nitrogens is 4. The summed E-state index contributed by atoms with van der Waals surface area (Å²) in [6.45, 7) is 0. The van der Waals surface area contributed by atoms with E-state index in [4.69, 9.17) is 9.72 Å². The summed E-state index contributed by atoms with van der Waals surface area (Å²) >= 11 is 0. The Hall–Kier alpha value is -3.34. The lowest BCUT2D eigenvalue weighted by Gasteiger charge is -2.05. The average Bonchev–Trinajstić information content (AvgIpc) is 3.24. The van der Waals surface area contributed by atoms with Crippen LogP contribution < -0.4 is 4.74 Å². The molecule has 5 nitrogen and oxygen atoms in total. The predicted octanol–water partition coefficient (Wildman–Crippen LogP) is 4.27. The maximum absolute atomic E-state index is 5.24. The maximum Gasteiger partial charge on any atom is 0.141 e. The third-order valence-corrected chi connectivity index (χ3v) is 4.39. The minimum absolute atomic E-state index is 0.825. The highest BCUT2D eigenvalue weighted by molar-refractivity contribution is 6.19. The maximum atomic E-state index is 5.24. The Morgan fingerprint density at radius 3 is 2.67 bits per heavy atom. The third kappa shape index (κ3) is 1.75. The van der Waals surface area contributed by atoms with Crippen LogP contribution in [0.4, 0.5) is 0 Å². The van der Waals surface area contributed by atoms with Crippen LogP contribution in [0.25, 0.3) is 44.2 Å². The molecule has 5 rings (SSSR count). The molecule has 2 aromatic carbocycles. The molecule has 2 N–H and O–H groups in total. The zero-order chi connectivity index (χ0) is 16.1. The fourth-order valence-corrected chi connectivity index (χ4v) is 3.24. The van der Waals surface area contributed by atoms with Gasteiger partial charge in [0.15, 0.2) is 0 Å². The fourth-order valence-electron chi connectivity index (χ4n) is 3.24. The number of methoxy groups -OCH3 is 1. The lowest BCUT2D eigenvalue weighted by molar-refractivity contribution is 0.415. The monoisotopic (exact) mass is 314 g/mol. The van der Waals surface area contributed by atoms with Crippen LogP contribution in [0.1, 0.15) is 0 Å². The number of aromatic amines is 2. The van der Waals surface area contributed by atoms with Crippen LogP contribution in [0.5, 0.6) is 5.75 Å². The van der Waals surface area contributed by atoms with E-state index in [-0.39, 0.29) is 0 Å². The Morgan fingerprint density at radius 1 is 1.00 bits per heavy atom. The van der Waals surface area contributed by atoms with E-state index in [0.29, 0.717) is 0 Å². The van der Waals surface area contributed by atoms with Crippen LogP contribution in [-0.4, -0.2) is 27.0 Å². The molecule has 0 amide bonds. The first kappa shape index (κ1) is 13.1. The Bertz CT molecular complexity index is 1180. The molecule has 0 bridgehead atoms. The van der Waals surface area contributed by atoms with Gasteiger partial charge in [0, 0.05) is 16.5 Å². The topological polar surface area (TPSA) is 66.6 Å². The highest BCUT2D eigenvalue weighted by Gasteiger charge is 2.16. The molecule has 3 aromatic heterocycles. The van der Waals surface area contributed by atoms with Crippen molar-refractivity contribution in [2.75, 3.05) is 7.11 Å². The van der Waals surface area contributed by atoms with Crippen molar-refractivity contribution < 1.29 is 4.74 Å². The van der Waals surface area contributed by atoms with Gasteiger partial charge in [0.05, 0.1) is 30.0 Å². The molecule has 0 saturated carbocycles. The van der Waals surface area contributed by atoms with E-state index in [1.807, 2.05) is 36.4 Å². The number of rotatable bonds is 2. The second-order valence-corrected chi connectivity index (χ2v) is 5.71. The lowest BCUT2D eigenvalue weighted by Crippen LogP contribution is -1.89. The first-order chi connectivity index (χ1) is 11.8. The number of imidazole rings is 1. The minimum Gasteiger partial charge on any atom is -0.497 e. The van der Waals surface area contributed by atoms with Gasteiger partial charge < -0.3 is 14.7 Å². The van der Waals surface area contributed by atoms with Gasteiger partial charge in [0.1, 0.15) is 16.9 Å². The molecule has 0 aliphatic carbocycles. The molecule has 5 heteroatoms.